The third-order valence-electron chi connectivity index (χ3n) is 7.21. The molecule has 6 nitrogen and oxygen atoms in total. The van der Waals surface area contributed by atoms with Crippen LogP contribution in [-0.2, 0) is 10.2 Å². The van der Waals surface area contributed by atoms with Crippen LogP contribution < -0.4 is 15.4 Å². The largest absolute Gasteiger partial charge is 0.491 e. The summed E-state index contributed by atoms with van der Waals surface area (Å²) in [5, 5.41) is 26.0. The van der Waals surface area contributed by atoms with E-state index >= 15 is 8.78 Å². The highest BCUT2D eigenvalue weighted by Crippen LogP contribution is 2.52. The van der Waals surface area contributed by atoms with E-state index in [0.29, 0.717) is 17.9 Å². The molecule has 1 amide bonds. The molecule has 0 unspecified atom stereocenters. The molecule has 4 rings (SSSR count). The lowest BCUT2D eigenvalue weighted by molar-refractivity contribution is -0.118. The number of halogens is 4. The number of hydrogen-bond donors (Lipinski definition) is 3. The molecule has 0 bridgehead atoms. The number of nitrogens with one attached hydrogen (secondary N) is 2. The first-order chi connectivity index (χ1) is 19.4. The average molecular weight is 603 g/mol. The maximum absolute atomic E-state index is 15.7. The van der Waals surface area contributed by atoms with Crippen molar-refractivity contribution < 1.29 is 23.4 Å². The second kappa shape index (κ2) is 12.3. The normalized spacial score (nSPS) is 22.3. The lowest BCUT2D eigenvalue weighted by atomic mass is 9.62. The second-order valence-corrected chi connectivity index (χ2v) is 12.1. The molecule has 1 saturated heterocycles. The van der Waals surface area contributed by atoms with Gasteiger partial charge in [0.2, 0.25) is 5.91 Å². The van der Waals surface area contributed by atoms with Crippen LogP contribution in [0.2, 0.25) is 10.0 Å². The molecule has 1 aliphatic rings. The minimum Gasteiger partial charge on any atom is -0.491 e. The van der Waals surface area contributed by atoms with Gasteiger partial charge in [-0.25, -0.2) is 8.78 Å². The van der Waals surface area contributed by atoms with Gasteiger partial charge in [0.05, 0.1) is 23.7 Å². The third-order valence-corrected chi connectivity index (χ3v) is 7.74. The Bertz CT molecular complexity index is 1460. The maximum Gasteiger partial charge on any atom is 0.242 e. The first-order valence-corrected chi connectivity index (χ1v) is 13.9. The van der Waals surface area contributed by atoms with E-state index in [9.17, 15) is 10.1 Å². The molecule has 10 heteroatoms. The van der Waals surface area contributed by atoms with Crippen LogP contribution in [0.5, 0.6) is 5.75 Å². The van der Waals surface area contributed by atoms with Gasteiger partial charge in [-0.2, -0.15) is 5.26 Å². The van der Waals surface area contributed by atoms with Gasteiger partial charge in [0.15, 0.2) is 0 Å². The molecule has 0 aromatic heterocycles. The van der Waals surface area contributed by atoms with Crippen molar-refractivity contribution in [1.82, 2.24) is 5.32 Å². The zero-order chi connectivity index (χ0) is 29.9. The molecule has 41 heavy (non-hydrogen) atoms. The molecule has 1 fully saturated rings. The smallest absolute Gasteiger partial charge is 0.242 e. The Morgan fingerprint density at radius 2 is 1.85 bits per heavy atom. The minimum atomic E-state index is -1.71. The summed E-state index contributed by atoms with van der Waals surface area (Å²) in [7, 11) is 0. The summed E-state index contributed by atoms with van der Waals surface area (Å²) in [6, 6.07) is 15.3. The zero-order valence-corrected chi connectivity index (χ0v) is 24.4. The van der Waals surface area contributed by atoms with Gasteiger partial charge in [0.1, 0.15) is 29.4 Å². The van der Waals surface area contributed by atoms with Crippen molar-refractivity contribution in [2.45, 2.75) is 50.6 Å². The highest BCUT2D eigenvalue weighted by atomic mass is 35.5. The lowest BCUT2D eigenvalue weighted by Crippen LogP contribution is -2.45. The van der Waals surface area contributed by atoms with Gasteiger partial charge in [-0.1, -0.05) is 62.2 Å². The topological polar surface area (TPSA) is 94.4 Å². The van der Waals surface area contributed by atoms with Gasteiger partial charge in [0, 0.05) is 28.2 Å². The molecule has 216 valence electrons. The van der Waals surface area contributed by atoms with Gasteiger partial charge in [-0.15, -0.1) is 0 Å². The Morgan fingerprint density at radius 1 is 1.15 bits per heavy atom. The molecule has 3 N–H and O–H groups in total. The molecule has 0 radical (unpaired) electrons. The fraction of sp³-hybridized carbons (Fsp3) is 0.355. The summed E-state index contributed by atoms with van der Waals surface area (Å²) in [5.74, 6) is -2.71. The number of aliphatic hydroxyl groups is 1. The van der Waals surface area contributed by atoms with E-state index < -0.39 is 41.0 Å². The number of ether oxygens (including phenoxy) is 1. The molecule has 1 heterocycles. The Hall–Kier alpha value is -3.22. The number of aliphatic hydroxyl groups excluding tert-OH is 1. The number of carbonyl (C=O) groups is 1. The summed E-state index contributed by atoms with van der Waals surface area (Å²) in [6.45, 7) is 5.89. The Labute approximate surface area is 248 Å². The van der Waals surface area contributed by atoms with Crippen molar-refractivity contribution in [3.05, 3.63) is 93.5 Å². The molecular formula is C31H31Cl2F2N3O3. The van der Waals surface area contributed by atoms with Crippen LogP contribution in [0, 0.1) is 28.4 Å². The highest BCUT2D eigenvalue weighted by molar-refractivity contribution is 6.31. The van der Waals surface area contributed by atoms with Crippen LogP contribution in [-0.4, -0.2) is 36.3 Å². The standard InChI is InChI=1S/C31H31Cl2F2N3O3/c1-30(2,3)16-25-31(17-36,22-12-7-18(32)15-24(22)34)26(21-5-4-6-23(33)27(21)35)28(38-25)29(40)37-19-8-10-20(11-9-19)41-14-13-39/h4-12,15,25-26,28,38-39H,13-14,16H2,1-3H3,(H,37,40)/t25-,26-,28+,31-/m0/s1. The van der Waals surface area contributed by atoms with Crippen molar-refractivity contribution in [3.63, 3.8) is 0 Å². The fourth-order valence-corrected chi connectivity index (χ4v) is 5.92. The summed E-state index contributed by atoms with van der Waals surface area (Å²) < 4.78 is 36.8. The number of rotatable bonds is 8. The number of nitrogens with zero attached hydrogens (tertiary/aromatic N) is 1. The summed E-state index contributed by atoms with van der Waals surface area (Å²) in [6.07, 6.45) is 0.363. The number of benzene rings is 3. The molecule has 0 aliphatic carbocycles. The number of amides is 1. The fourth-order valence-electron chi connectivity index (χ4n) is 5.57. The van der Waals surface area contributed by atoms with Gasteiger partial charge in [0.25, 0.3) is 0 Å². The third kappa shape index (κ3) is 6.34. The second-order valence-electron chi connectivity index (χ2n) is 11.3. The van der Waals surface area contributed by atoms with Crippen LogP contribution in [0.25, 0.3) is 0 Å². The van der Waals surface area contributed by atoms with Crippen molar-refractivity contribution in [2.75, 3.05) is 18.5 Å². The van der Waals surface area contributed by atoms with Crippen LogP contribution in [0.15, 0.2) is 60.7 Å². The van der Waals surface area contributed by atoms with Gasteiger partial charge in [-0.3, -0.25) is 4.79 Å². The summed E-state index contributed by atoms with van der Waals surface area (Å²) in [5.41, 5.74) is -1.60. The Kier molecular flexibility index (Phi) is 9.25. The van der Waals surface area contributed by atoms with Gasteiger partial charge in [-0.05, 0) is 59.9 Å². The SMILES string of the molecule is CC(C)(C)C[C@@H]1N[C@@H](C(=O)Nc2ccc(OCCO)cc2)[C@H](c2cccc(Cl)c2F)[C@@]1(C#N)c1ccc(Cl)cc1F. The number of anilines is 1. The van der Waals surface area contributed by atoms with Gasteiger partial charge < -0.3 is 20.5 Å². The highest BCUT2D eigenvalue weighted by Gasteiger charge is 2.61. The molecule has 0 spiro atoms. The quantitative estimate of drug-likeness (QED) is 0.270. The van der Waals surface area contributed by atoms with Crippen LogP contribution in [0.4, 0.5) is 14.5 Å². The Balaban J connectivity index is 1.87. The van der Waals surface area contributed by atoms with Crippen LogP contribution >= 0.6 is 23.2 Å². The van der Waals surface area contributed by atoms with E-state index in [1.807, 2.05) is 20.8 Å². The number of carbonyl (C=O) groups excluding carboxylic acids is 1. The predicted molar refractivity (Wildman–Crippen MR) is 155 cm³/mol. The molecule has 1 aliphatic heterocycles. The molecule has 0 saturated carbocycles. The molecule has 3 aromatic rings. The van der Waals surface area contributed by atoms with E-state index in [0.717, 1.165) is 6.07 Å². The summed E-state index contributed by atoms with van der Waals surface area (Å²) >= 11 is 12.2. The van der Waals surface area contributed by atoms with E-state index in [1.54, 1.807) is 24.3 Å². The number of hydrogen-bond acceptors (Lipinski definition) is 5. The average Bonchev–Trinajstić information content (AvgIpc) is 3.22. The van der Waals surface area contributed by atoms with Gasteiger partial charge >= 0.3 is 0 Å². The number of nitriles is 1. The van der Waals surface area contributed by atoms with Crippen molar-refractivity contribution >= 4 is 34.8 Å². The van der Waals surface area contributed by atoms with E-state index in [-0.39, 0.29) is 39.8 Å². The summed E-state index contributed by atoms with van der Waals surface area (Å²) in [4.78, 5) is 13.9. The first kappa shape index (κ1) is 30.7. The predicted octanol–water partition coefficient (Wildman–Crippen LogP) is 6.60. The molecule has 3 aromatic carbocycles. The maximum atomic E-state index is 15.7. The lowest BCUT2D eigenvalue weighted by Gasteiger charge is -2.37. The van der Waals surface area contributed by atoms with E-state index in [4.69, 9.17) is 33.0 Å². The zero-order valence-electron chi connectivity index (χ0n) is 22.8. The van der Waals surface area contributed by atoms with E-state index in [2.05, 4.69) is 16.7 Å². The molecular weight excluding hydrogens is 571 g/mol. The first-order valence-electron chi connectivity index (χ1n) is 13.1. The van der Waals surface area contributed by atoms with Crippen LogP contribution in [0.3, 0.4) is 0 Å². The van der Waals surface area contributed by atoms with Crippen molar-refractivity contribution in [2.24, 2.45) is 5.41 Å². The molecule has 4 atom stereocenters. The van der Waals surface area contributed by atoms with E-state index in [1.165, 1.54) is 30.3 Å². The minimum absolute atomic E-state index is 0.0104. The van der Waals surface area contributed by atoms with Crippen LogP contribution in [0.1, 0.15) is 44.2 Å². The monoisotopic (exact) mass is 601 g/mol. The Morgan fingerprint density at radius 3 is 2.46 bits per heavy atom. The van der Waals surface area contributed by atoms with Crippen molar-refractivity contribution in [3.8, 4) is 11.8 Å². The van der Waals surface area contributed by atoms with Crippen molar-refractivity contribution in [1.29, 1.82) is 5.26 Å².